The molecule has 112 valence electrons. The lowest BCUT2D eigenvalue weighted by atomic mass is 10.1. The van der Waals surface area contributed by atoms with Crippen molar-refractivity contribution in [3.05, 3.63) is 30.3 Å². The Bertz CT molecular complexity index is 629. The van der Waals surface area contributed by atoms with Crippen molar-refractivity contribution in [1.29, 1.82) is 0 Å². The van der Waals surface area contributed by atoms with Crippen LogP contribution in [0.1, 0.15) is 26.5 Å². The highest BCUT2D eigenvalue weighted by Crippen LogP contribution is 2.40. The maximum atomic E-state index is 5.75. The Balaban J connectivity index is 1.93. The monoisotopic (exact) mass is 288 g/mol. The first-order valence-corrected chi connectivity index (χ1v) is 7.11. The third kappa shape index (κ3) is 3.03. The third-order valence-corrected chi connectivity index (χ3v) is 3.24. The van der Waals surface area contributed by atoms with Crippen LogP contribution in [0.4, 0.5) is 0 Å². The molecular weight excluding hydrogens is 268 g/mol. The van der Waals surface area contributed by atoms with Gasteiger partial charge >= 0.3 is 0 Å². The minimum Gasteiger partial charge on any atom is -0.486 e. The molecule has 0 spiro atoms. The number of ether oxygens (including phenoxy) is 2. The fourth-order valence-corrected chi connectivity index (χ4v) is 2.22. The highest BCUT2D eigenvalue weighted by atomic mass is 16.6. The molecule has 0 aliphatic carbocycles. The van der Waals surface area contributed by atoms with E-state index in [-0.39, 0.29) is 5.54 Å². The average molecular weight is 288 g/mol. The number of benzene rings is 1. The fraction of sp³-hybridized carbons (Fsp3) is 0.438. The van der Waals surface area contributed by atoms with Gasteiger partial charge in [-0.25, -0.2) is 4.98 Å². The number of rotatable bonds is 3. The van der Waals surface area contributed by atoms with Gasteiger partial charge in [0.1, 0.15) is 18.9 Å². The summed E-state index contributed by atoms with van der Waals surface area (Å²) in [6.45, 7) is 8.12. The largest absolute Gasteiger partial charge is 0.486 e. The molecule has 2 heterocycles. The summed E-state index contributed by atoms with van der Waals surface area (Å²) >= 11 is 0. The van der Waals surface area contributed by atoms with Crippen LogP contribution in [0.2, 0.25) is 0 Å². The van der Waals surface area contributed by atoms with Gasteiger partial charge in [0.15, 0.2) is 23.7 Å². The minimum absolute atomic E-state index is 0.0198. The molecule has 0 radical (unpaired) electrons. The van der Waals surface area contributed by atoms with Crippen LogP contribution >= 0.6 is 0 Å². The summed E-state index contributed by atoms with van der Waals surface area (Å²) in [5.74, 6) is 2.22. The molecule has 0 bridgehead atoms. The van der Waals surface area contributed by atoms with E-state index in [1.54, 1.807) is 0 Å². The van der Waals surface area contributed by atoms with Gasteiger partial charge in [-0.05, 0) is 32.9 Å². The number of hydrogen-bond donors (Lipinski definition) is 1. The molecule has 1 aromatic carbocycles. The zero-order valence-electron chi connectivity index (χ0n) is 12.6. The molecule has 1 N–H and O–H groups in total. The predicted octanol–water partition coefficient (Wildman–Crippen LogP) is 3.00. The van der Waals surface area contributed by atoms with Crippen molar-refractivity contribution in [3.63, 3.8) is 0 Å². The van der Waals surface area contributed by atoms with Crippen molar-refractivity contribution in [3.8, 4) is 22.8 Å². The standard InChI is InChI=1S/C16H20N2O3/c1-16(2,3)18-9-12-14(21-10-17-12)11-5-4-6-13-15(11)20-8-7-19-13/h4-6,10,18H,7-9H2,1-3H3. The van der Waals surface area contributed by atoms with Crippen molar-refractivity contribution in [1.82, 2.24) is 10.3 Å². The predicted molar refractivity (Wildman–Crippen MR) is 79.5 cm³/mol. The first-order valence-electron chi connectivity index (χ1n) is 7.11. The number of para-hydroxylation sites is 1. The fourth-order valence-electron chi connectivity index (χ4n) is 2.22. The molecule has 5 nitrogen and oxygen atoms in total. The molecule has 21 heavy (non-hydrogen) atoms. The maximum absolute atomic E-state index is 5.75. The number of nitrogens with one attached hydrogen (secondary N) is 1. The normalized spacial score (nSPS) is 14.2. The van der Waals surface area contributed by atoms with Gasteiger partial charge in [0, 0.05) is 12.1 Å². The van der Waals surface area contributed by atoms with E-state index < -0.39 is 0 Å². The van der Waals surface area contributed by atoms with Crippen LogP contribution in [0.5, 0.6) is 11.5 Å². The number of oxazole rings is 1. The molecule has 0 amide bonds. The number of hydrogen-bond acceptors (Lipinski definition) is 5. The Kier molecular flexibility index (Phi) is 3.59. The Morgan fingerprint density at radius 1 is 1.19 bits per heavy atom. The van der Waals surface area contributed by atoms with Crippen LogP contribution in [-0.4, -0.2) is 23.7 Å². The van der Waals surface area contributed by atoms with E-state index in [1.165, 1.54) is 6.39 Å². The summed E-state index contributed by atoms with van der Waals surface area (Å²) in [5, 5.41) is 3.42. The maximum Gasteiger partial charge on any atom is 0.181 e. The van der Waals surface area contributed by atoms with Crippen molar-refractivity contribution >= 4 is 0 Å². The minimum atomic E-state index is 0.0198. The number of nitrogens with zero attached hydrogens (tertiary/aromatic N) is 1. The first-order chi connectivity index (χ1) is 10.0. The number of aromatic nitrogens is 1. The Hall–Kier alpha value is -2.01. The van der Waals surface area contributed by atoms with E-state index in [1.807, 2.05) is 18.2 Å². The summed E-state index contributed by atoms with van der Waals surface area (Å²) in [5.41, 5.74) is 1.77. The second-order valence-electron chi connectivity index (χ2n) is 6.06. The second kappa shape index (κ2) is 5.41. The Morgan fingerprint density at radius 3 is 2.81 bits per heavy atom. The second-order valence-corrected chi connectivity index (χ2v) is 6.06. The lowest BCUT2D eigenvalue weighted by Gasteiger charge is -2.21. The molecule has 0 fully saturated rings. The van der Waals surface area contributed by atoms with Crippen LogP contribution in [0.3, 0.4) is 0 Å². The lowest BCUT2D eigenvalue weighted by Crippen LogP contribution is -2.35. The van der Waals surface area contributed by atoms with Gasteiger partial charge in [-0.1, -0.05) is 6.07 Å². The topological polar surface area (TPSA) is 56.5 Å². The Morgan fingerprint density at radius 2 is 2.00 bits per heavy atom. The quantitative estimate of drug-likeness (QED) is 0.941. The molecule has 0 unspecified atom stereocenters. The van der Waals surface area contributed by atoms with Crippen LogP contribution in [0, 0.1) is 0 Å². The van der Waals surface area contributed by atoms with Crippen molar-refractivity contribution in [2.75, 3.05) is 13.2 Å². The summed E-state index contributed by atoms with van der Waals surface area (Å²) in [7, 11) is 0. The van der Waals surface area contributed by atoms with Gasteiger partial charge in [-0.15, -0.1) is 0 Å². The van der Waals surface area contributed by atoms with Crippen LogP contribution < -0.4 is 14.8 Å². The zero-order chi connectivity index (χ0) is 14.9. The molecule has 0 atom stereocenters. The molecule has 0 saturated heterocycles. The van der Waals surface area contributed by atoms with Gasteiger partial charge in [-0.2, -0.15) is 0 Å². The molecule has 5 heteroatoms. The van der Waals surface area contributed by atoms with E-state index in [0.717, 1.165) is 28.5 Å². The van der Waals surface area contributed by atoms with E-state index >= 15 is 0 Å². The summed E-state index contributed by atoms with van der Waals surface area (Å²) in [4.78, 5) is 4.32. The average Bonchev–Trinajstić information content (AvgIpc) is 2.92. The molecule has 3 rings (SSSR count). The van der Waals surface area contributed by atoms with Gasteiger partial charge in [0.25, 0.3) is 0 Å². The Labute approximate surface area is 124 Å². The van der Waals surface area contributed by atoms with Crippen molar-refractivity contribution in [2.45, 2.75) is 32.9 Å². The lowest BCUT2D eigenvalue weighted by molar-refractivity contribution is 0.172. The summed E-state index contributed by atoms with van der Waals surface area (Å²) in [6, 6.07) is 5.81. The van der Waals surface area contributed by atoms with E-state index in [0.29, 0.717) is 19.8 Å². The van der Waals surface area contributed by atoms with E-state index in [2.05, 4.69) is 31.1 Å². The molecular formula is C16H20N2O3. The summed E-state index contributed by atoms with van der Waals surface area (Å²) < 4.78 is 17.0. The summed E-state index contributed by atoms with van der Waals surface area (Å²) in [6.07, 6.45) is 1.47. The number of fused-ring (bicyclic) bond motifs is 1. The van der Waals surface area contributed by atoms with Crippen LogP contribution in [0.15, 0.2) is 29.0 Å². The van der Waals surface area contributed by atoms with Gasteiger partial charge in [-0.3, -0.25) is 0 Å². The molecule has 0 saturated carbocycles. The van der Waals surface area contributed by atoms with E-state index in [4.69, 9.17) is 13.9 Å². The van der Waals surface area contributed by atoms with Gasteiger partial charge in [0.05, 0.1) is 5.56 Å². The molecule has 1 aliphatic rings. The van der Waals surface area contributed by atoms with Crippen LogP contribution in [-0.2, 0) is 6.54 Å². The molecule has 1 aliphatic heterocycles. The van der Waals surface area contributed by atoms with Crippen molar-refractivity contribution in [2.24, 2.45) is 0 Å². The zero-order valence-corrected chi connectivity index (χ0v) is 12.6. The third-order valence-electron chi connectivity index (χ3n) is 3.24. The molecule has 1 aromatic heterocycles. The highest BCUT2D eigenvalue weighted by molar-refractivity contribution is 5.71. The van der Waals surface area contributed by atoms with Crippen molar-refractivity contribution < 1.29 is 13.9 Å². The highest BCUT2D eigenvalue weighted by Gasteiger charge is 2.22. The first kappa shape index (κ1) is 13.9. The van der Waals surface area contributed by atoms with Crippen LogP contribution in [0.25, 0.3) is 11.3 Å². The van der Waals surface area contributed by atoms with E-state index in [9.17, 15) is 0 Å². The molecule has 2 aromatic rings. The SMILES string of the molecule is CC(C)(C)NCc1ncoc1-c1cccc2c1OCCO2. The van der Waals surface area contributed by atoms with Gasteiger partial charge < -0.3 is 19.2 Å². The smallest absolute Gasteiger partial charge is 0.181 e. The van der Waals surface area contributed by atoms with Gasteiger partial charge in [0.2, 0.25) is 0 Å².